The van der Waals surface area contributed by atoms with Gasteiger partial charge in [-0.2, -0.15) is 0 Å². The Balaban J connectivity index is 2.04. The minimum Gasteiger partial charge on any atom is -0.491 e. The third-order valence-corrected chi connectivity index (χ3v) is 2.77. The second-order valence-electron chi connectivity index (χ2n) is 4.13. The number of benzene rings is 2. The molecular weight excluding hydrogens is 243 g/mol. The van der Waals surface area contributed by atoms with Gasteiger partial charge in [0.25, 0.3) is 0 Å². The lowest BCUT2D eigenvalue weighted by Gasteiger charge is -2.10. The predicted octanol–water partition coefficient (Wildman–Crippen LogP) is 3.42. The van der Waals surface area contributed by atoms with Crippen LogP contribution in [0.1, 0.15) is 12.5 Å². The van der Waals surface area contributed by atoms with Crippen LogP contribution in [0.5, 0.6) is 5.75 Å². The highest BCUT2D eigenvalue weighted by Gasteiger charge is 2.04. The van der Waals surface area contributed by atoms with E-state index in [9.17, 15) is 4.39 Å². The monoisotopic (exact) mass is 260 g/mol. The molecule has 0 heterocycles. The Morgan fingerprint density at radius 3 is 2.68 bits per heavy atom. The van der Waals surface area contributed by atoms with Crippen LogP contribution in [0.2, 0.25) is 0 Å². The Morgan fingerprint density at radius 1 is 1.21 bits per heavy atom. The molecule has 4 heteroatoms. The molecule has 3 N–H and O–H groups in total. The normalized spacial score (nSPS) is 10.2. The molecule has 0 bridgehead atoms. The average molecular weight is 260 g/mol. The molecule has 2 aromatic carbocycles. The number of nitrogen functional groups attached to an aromatic ring is 1. The summed E-state index contributed by atoms with van der Waals surface area (Å²) in [5, 5.41) is 3.14. The molecular formula is C15H17FN2O. The van der Waals surface area contributed by atoms with Crippen LogP contribution in [0, 0.1) is 5.82 Å². The minimum absolute atomic E-state index is 0.271. The van der Waals surface area contributed by atoms with E-state index in [1.54, 1.807) is 12.1 Å². The van der Waals surface area contributed by atoms with Crippen molar-refractivity contribution in [3.8, 4) is 5.75 Å². The highest BCUT2D eigenvalue weighted by molar-refractivity contribution is 5.51. The van der Waals surface area contributed by atoms with Crippen LogP contribution in [-0.2, 0) is 6.54 Å². The van der Waals surface area contributed by atoms with Crippen molar-refractivity contribution in [1.82, 2.24) is 0 Å². The van der Waals surface area contributed by atoms with E-state index in [0.29, 0.717) is 18.8 Å². The van der Waals surface area contributed by atoms with E-state index in [-0.39, 0.29) is 11.6 Å². The Kier molecular flexibility index (Phi) is 4.23. The van der Waals surface area contributed by atoms with Gasteiger partial charge in [0, 0.05) is 24.0 Å². The quantitative estimate of drug-likeness (QED) is 0.810. The predicted molar refractivity (Wildman–Crippen MR) is 75.8 cm³/mol. The molecule has 0 atom stereocenters. The molecule has 100 valence electrons. The highest BCUT2D eigenvalue weighted by atomic mass is 19.1. The van der Waals surface area contributed by atoms with E-state index in [4.69, 9.17) is 10.5 Å². The van der Waals surface area contributed by atoms with Crippen molar-refractivity contribution in [2.45, 2.75) is 13.5 Å². The Labute approximate surface area is 112 Å². The minimum atomic E-state index is -0.368. The summed E-state index contributed by atoms with van der Waals surface area (Å²) in [5.74, 6) is -0.0971. The Hall–Kier alpha value is -2.23. The van der Waals surface area contributed by atoms with Crippen LogP contribution >= 0.6 is 0 Å². The zero-order valence-electron chi connectivity index (χ0n) is 10.8. The highest BCUT2D eigenvalue weighted by Crippen LogP contribution is 2.22. The molecule has 0 unspecified atom stereocenters. The number of rotatable bonds is 5. The van der Waals surface area contributed by atoms with Gasteiger partial charge in [0.15, 0.2) is 11.6 Å². The first kappa shape index (κ1) is 13.2. The van der Waals surface area contributed by atoms with Crippen molar-refractivity contribution < 1.29 is 9.13 Å². The maximum Gasteiger partial charge on any atom is 0.167 e. The Bertz CT molecular complexity index is 558. The first-order chi connectivity index (χ1) is 9.20. The summed E-state index contributed by atoms with van der Waals surface area (Å²) in [5.41, 5.74) is 8.25. The van der Waals surface area contributed by atoms with Crippen LogP contribution < -0.4 is 15.8 Å². The fourth-order valence-corrected chi connectivity index (χ4v) is 1.78. The first-order valence-electron chi connectivity index (χ1n) is 6.20. The van der Waals surface area contributed by atoms with Crippen molar-refractivity contribution in [1.29, 1.82) is 0 Å². The van der Waals surface area contributed by atoms with Gasteiger partial charge in [-0.1, -0.05) is 18.2 Å². The molecule has 0 radical (unpaired) electrons. The standard InChI is InChI=1S/C15H17FN2O/c1-2-19-15-8-7-12(9-13(15)16)18-10-11-5-3-4-6-14(11)17/h3-9,18H,2,10,17H2,1H3. The fourth-order valence-electron chi connectivity index (χ4n) is 1.78. The smallest absolute Gasteiger partial charge is 0.167 e. The van der Waals surface area contributed by atoms with Crippen LogP contribution in [0.3, 0.4) is 0 Å². The van der Waals surface area contributed by atoms with Crippen LogP contribution in [0.4, 0.5) is 15.8 Å². The second-order valence-corrected chi connectivity index (χ2v) is 4.13. The molecule has 0 spiro atoms. The lowest BCUT2D eigenvalue weighted by atomic mass is 10.2. The lowest BCUT2D eigenvalue weighted by Crippen LogP contribution is -2.03. The van der Waals surface area contributed by atoms with Gasteiger partial charge in [0.2, 0.25) is 0 Å². The Morgan fingerprint density at radius 2 is 2.00 bits per heavy atom. The number of para-hydroxylation sites is 1. The van der Waals surface area contributed by atoms with Crippen molar-refractivity contribution in [2.24, 2.45) is 0 Å². The molecule has 19 heavy (non-hydrogen) atoms. The summed E-state index contributed by atoms with van der Waals surface area (Å²) in [6.07, 6.45) is 0. The van der Waals surface area contributed by atoms with Gasteiger partial charge in [-0.25, -0.2) is 4.39 Å². The van der Waals surface area contributed by atoms with Gasteiger partial charge >= 0.3 is 0 Å². The molecule has 0 fully saturated rings. The summed E-state index contributed by atoms with van der Waals surface area (Å²) < 4.78 is 18.8. The zero-order chi connectivity index (χ0) is 13.7. The van der Waals surface area contributed by atoms with Gasteiger partial charge in [-0.3, -0.25) is 0 Å². The van der Waals surface area contributed by atoms with Gasteiger partial charge in [0.1, 0.15) is 0 Å². The van der Waals surface area contributed by atoms with E-state index < -0.39 is 0 Å². The molecule has 0 amide bonds. The number of nitrogens with one attached hydrogen (secondary N) is 1. The van der Waals surface area contributed by atoms with Gasteiger partial charge in [-0.15, -0.1) is 0 Å². The average Bonchev–Trinajstić information content (AvgIpc) is 2.41. The number of halogens is 1. The van der Waals surface area contributed by atoms with Gasteiger partial charge < -0.3 is 15.8 Å². The van der Waals surface area contributed by atoms with Crippen molar-refractivity contribution >= 4 is 11.4 Å². The largest absolute Gasteiger partial charge is 0.491 e. The lowest BCUT2D eigenvalue weighted by molar-refractivity contribution is 0.321. The first-order valence-corrected chi connectivity index (χ1v) is 6.20. The summed E-state index contributed by atoms with van der Waals surface area (Å²) in [6, 6.07) is 12.4. The summed E-state index contributed by atoms with van der Waals surface area (Å²) >= 11 is 0. The van der Waals surface area contributed by atoms with E-state index in [1.165, 1.54) is 6.07 Å². The van der Waals surface area contributed by atoms with Crippen molar-refractivity contribution in [3.05, 3.63) is 53.8 Å². The summed E-state index contributed by atoms with van der Waals surface area (Å²) in [6.45, 7) is 2.83. The zero-order valence-corrected chi connectivity index (χ0v) is 10.8. The number of nitrogens with two attached hydrogens (primary N) is 1. The van der Waals surface area contributed by atoms with Crippen LogP contribution in [-0.4, -0.2) is 6.61 Å². The number of ether oxygens (including phenoxy) is 1. The second kappa shape index (κ2) is 6.09. The van der Waals surface area contributed by atoms with E-state index in [2.05, 4.69) is 5.32 Å². The van der Waals surface area contributed by atoms with Crippen LogP contribution in [0.15, 0.2) is 42.5 Å². The molecule has 2 rings (SSSR count). The van der Waals surface area contributed by atoms with E-state index >= 15 is 0 Å². The number of hydrogen-bond donors (Lipinski definition) is 2. The molecule has 0 aliphatic carbocycles. The molecule has 2 aromatic rings. The maximum atomic E-state index is 13.7. The van der Waals surface area contributed by atoms with Gasteiger partial charge in [-0.05, 0) is 30.7 Å². The summed E-state index contributed by atoms with van der Waals surface area (Å²) in [7, 11) is 0. The summed E-state index contributed by atoms with van der Waals surface area (Å²) in [4.78, 5) is 0. The van der Waals surface area contributed by atoms with Gasteiger partial charge in [0.05, 0.1) is 6.61 Å². The molecule has 3 nitrogen and oxygen atoms in total. The maximum absolute atomic E-state index is 13.7. The van der Waals surface area contributed by atoms with Crippen molar-refractivity contribution in [3.63, 3.8) is 0 Å². The van der Waals surface area contributed by atoms with Crippen LogP contribution in [0.25, 0.3) is 0 Å². The molecule has 0 saturated heterocycles. The topological polar surface area (TPSA) is 47.3 Å². The molecule has 0 aromatic heterocycles. The number of anilines is 2. The third kappa shape index (κ3) is 3.37. The molecule has 0 aliphatic rings. The molecule has 0 saturated carbocycles. The number of hydrogen-bond acceptors (Lipinski definition) is 3. The SMILES string of the molecule is CCOc1ccc(NCc2ccccc2N)cc1F. The van der Waals surface area contributed by atoms with E-state index in [0.717, 1.165) is 11.3 Å². The fraction of sp³-hybridized carbons (Fsp3) is 0.200. The van der Waals surface area contributed by atoms with Crippen molar-refractivity contribution in [2.75, 3.05) is 17.7 Å². The third-order valence-electron chi connectivity index (χ3n) is 2.77. The molecule has 0 aliphatic heterocycles. The van der Waals surface area contributed by atoms with E-state index in [1.807, 2.05) is 31.2 Å².